The third kappa shape index (κ3) is 2.70. The van der Waals surface area contributed by atoms with Crippen LogP contribution in [0.15, 0.2) is 53.3 Å². The number of anilines is 1. The van der Waals surface area contributed by atoms with Crippen LogP contribution in [0.4, 0.5) is 14.5 Å². The lowest BCUT2D eigenvalue weighted by molar-refractivity contribution is 0.0988. The van der Waals surface area contributed by atoms with Gasteiger partial charge in [-0.15, -0.1) is 0 Å². The molecule has 116 valence electrons. The number of fused-ring (bicyclic) bond motifs is 1. The quantitative estimate of drug-likeness (QED) is 0.790. The fourth-order valence-electron chi connectivity index (χ4n) is 2.32. The fourth-order valence-corrected chi connectivity index (χ4v) is 2.32. The van der Waals surface area contributed by atoms with Gasteiger partial charge in [-0.25, -0.2) is 8.78 Å². The summed E-state index contributed by atoms with van der Waals surface area (Å²) in [5.74, 6) is -2.57. The molecule has 0 aliphatic rings. The molecule has 1 aromatic heterocycles. The highest BCUT2D eigenvalue weighted by atomic mass is 19.2. The Labute approximate surface area is 130 Å². The number of aromatic amines is 1. The van der Waals surface area contributed by atoms with Gasteiger partial charge in [-0.05, 0) is 29.7 Å². The molecular weight excluding hydrogens is 302 g/mol. The van der Waals surface area contributed by atoms with Crippen LogP contribution < -0.4 is 10.5 Å². The first kappa shape index (κ1) is 14.9. The Balaban J connectivity index is 2.02. The van der Waals surface area contributed by atoms with Gasteiger partial charge in [-0.1, -0.05) is 18.2 Å². The average Bonchev–Trinajstić information content (AvgIpc) is 2.56. The molecule has 1 heterocycles. The first-order valence-corrected chi connectivity index (χ1v) is 6.82. The Morgan fingerprint density at radius 1 is 1.04 bits per heavy atom. The summed E-state index contributed by atoms with van der Waals surface area (Å²) in [6.45, 7) is 0. The maximum absolute atomic E-state index is 13.3. The lowest BCUT2D eigenvalue weighted by Crippen LogP contribution is -2.29. The van der Waals surface area contributed by atoms with E-state index in [2.05, 4.69) is 4.98 Å². The minimum absolute atomic E-state index is 0.0703. The number of hydrogen-bond donors (Lipinski definition) is 1. The van der Waals surface area contributed by atoms with Gasteiger partial charge in [0.05, 0.1) is 0 Å². The molecule has 0 fully saturated rings. The minimum Gasteiger partial charge on any atom is -0.317 e. The highest BCUT2D eigenvalue weighted by Gasteiger charge is 2.17. The van der Waals surface area contributed by atoms with Crippen molar-refractivity contribution in [2.24, 2.45) is 0 Å². The van der Waals surface area contributed by atoms with Crippen LogP contribution in [0.25, 0.3) is 10.8 Å². The Morgan fingerprint density at radius 3 is 2.52 bits per heavy atom. The molecule has 1 N–H and O–H groups in total. The van der Waals surface area contributed by atoms with E-state index in [-0.39, 0.29) is 16.9 Å². The molecule has 0 saturated heterocycles. The summed E-state index contributed by atoms with van der Waals surface area (Å²) in [6, 6.07) is 11.6. The monoisotopic (exact) mass is 314 g/mol. The van der Waals surface area contributed by atoms with E-state index in [1.807, 2.05) is 0 Å². The number of hydrogen-bond acceptors (Lipinski definition) is 2. The molecular formula is C17H12F2N2O2. The molecule has 1 amide bonds. The van der Waals surface area contributed by atoms with Crippen LogP contribution in [0.3, 0.4) is 0 Å². The molecule has 2 aromatic carbocycles. The second-order valence-corrected chi connectivity index (χ2v) is 5.06. The van der Waals surface area contributed by atoms with E-state index in [0.29, 0.717) is 10.8 Å². The van der Waals surface area contributed by atoms with Crippen LogP contribution in [0.2, 0.25) is 0 Å². The zero-order valence-corrected chi connectivity index (χ0v) is 12.1. The number of carbonyl (C=O) groups excluding carboxylic acids is 1. The molecule has 3 aromatic rings. The molecule has 4 nitrogen and oxygen atoms in total. The number of halogens is 2. The Bertz CT molecular complexity index is 966. The van der Waals surface area contributed by atoms with E-state index >= 15 is 0 Å². The van der Waals surface area contributed by atoms with Gasteiger partial charge in [-0.2, -0.15) is 0 Å². The van der Waals surface area contributed by atoms with Crippen molar-refractivity contribution in [1.29, 1.82) is 0 Å². The molecule has 0 radical (unpaired) electrons. The van der Waals surface area contributed by atoms with E-state index in [4.69, 9.17) is 0 Å². The van der Waals surface area contributed by atoms with Crippen molar-refractivity contribution in [3.63, 3.8) is 0 Å². The van der Waals surface area contributed by atoms with Gasteiger partial charge < -0.3 is 9.88 Å². The smallest absolute Gasteiger partial charge is 0.274 e. The van der Waals surface area contributed by atoms with Crippen molar-refractivity contribution >= 4 is 22.4 Å². The predicted octanol–water partition coefficient (Wildman–Crippen LogP) is 3.08. The molecule has 0 aliphatic carbocycles. The van der Waals surface area contributed by atoms with Gasteiger partial charge in [0.1, 0.15) is 5.69 Å². The molecule has 0 saturated carbocycles. The van der Waals surface area contributed by atoms with Crippen molar-refractivity contribution in [2.45, 2.75) is 0 Å². The van der Waals surface area contributed by atoms with Gasteiger partial charge in [-0.3, -0.25) is 9.59 Å². The summed E-state index contributed by atoms with van der Waals surface area (Å²) < 4.78 is 26.3. The summed E-state index contributed by atoms with van der Waals surface area (Å²) in [6.07, 6.45) is 0. The summed E-state index contributed by atoms with van der Waals surface area (Å²) in [7, 11) is 1.42. The molecule has 0 aliphatic heterocycles. The zero-order chi connectivity index (χ0) is 16.6. The molecule has 0 unspecified atom stereocenters. The number of nitrogens with zero attached hydrogens (tertiary/aromatic N) is 1. The van der Waals surface area contributed by atoms with Gasteiger partial charge in [0.15, 0.2) is 11.6 Å². The molecule has 0 spiro atoms. The van der Waals surface area contributed by atoms with Crippen LogP contribution >= 0.6 is 0 Å². The average molecular weight is 314 g/mol. The summed E-state index contributed by atoms with van der Waals surface area (Å²) in [5, 5.41) is 1.10. The van der Waals surface area contributed by atoms with Gasteiger partial charge >= 0.3 is 0 Å². The van der Waals surface area contributed by atoms with Crippen molar-refractivity contribution in [1.82, 2.24) is 4.98 Å². The number of H-pyrrole nitrogens is 1. The molecule has 0 bridgehead atoms. The maximum Gasteiger partial charge on any atom is 0.274 e. The van der Waals surface area contributed by atoms with Crippen molar-refractivity contribution in [3.8, 4) is 0 Å². The van der Waals surface area contributed by atoms with Crippen molar-refractivity contribution in [2.75, 3.05) is 11.9 Å². The number of nitrogens with one attached hydrogen (secondary N) is 1. The third-order valence-corrected chi connectivity index (χ3v) is 3.58. The van der Waals surface area contributed by atoms with Crippen LogP contribution in [0, 0.1) is 11.6 Å². The number of carbonyl (C=O) groups is 1. The third-order valence-electron chi connectivity index (χ3n) is 3.58. The number of aromatic nitrogens is 1. The lowest BCUT2D eigenvalue weighted by atomic mass is 10.1. The number of rotatable bonds is 2. The second kappa shape index (κ2) is 5.64. The van der Waals surface area contributed by atoms with Crippen LogP contribution in [-0.2, 0) is 0 Å². The van der Waals surface area contributed by atoms with E-state index in [1.165, 1.54) is 13.1 Å². The van der Waals surface area contributed by atoms with Gasteiger partial charge in [0.2, 0.25) is 0 Å². The fraction of sp³-hybridized carbons (Fsp3) is 0.0588. The normalized spacial score (nSPS) is 10.7. The Kier molecular flexibility index (Phi) is 3.65. The summed E-state index contributed by atoms with van der Waals surface area (Å²) >= 11 is 0. The van der Waals surface area contributed by atoms with Crippen molar-refractivity contribution in [3.05, 3.63) is 76.2 Å². The highest BCUT2D eigenvalue weighted by molar-refractivity contribution is 6.06. The van der Waals surface area contributed by atoms with E-state index in [9.17, 15) is 18.4 Å². The summed E-state index contributed by atoms with van der Waals surface area (Å²) in [4.78, 5) is 28.2. The predicted molar refractivity (Wildman–Crippen MR) is 83.7 cm³/mol. The van der Waals surface area contributed by atoms with Gasteiger partial charge in [0, 0.05) is 24.2 Å². The standard InChI is InChI=1S/C17H12F2N2O2/c1-21(11-6-7-13(18)14(19)9-11)17(23)15-8-10-4-2-3-5-12(10)16(22)20-15/h2-9H,1H3,(H,20,22). The van der Waals surface area contributed by atoms with E-state index < -0.39 is 17.5 Å². The van der Waals surface area contributed by atoms with E-state index in [1.54, 1.807) is 30.3 Å². The first-order valence-electron chi connectivity index (χ1n) is 6.82. The van der Waals surface area contributed by atoms with Crippen LogP contribution in [-0.4, -0.2) is 17.9 Å². The minimum atomic E-state index is -1.05. The molecule has 3 rings (SSSR count). The topological polar surface area (TPSA) is 53.2 Å². The Morgan fingerprint density at radius 2 is 1.78 bits per heavy atom. The van der Waals surface area contributed by atoms with Gasteiger partial charge in [0.25, 0.3) is 11.5 Å². The van der Waals surface area contributed by atoms with Crippen LogP contribution in [0.5, 0.6) is 0 Å². The maximum atomic E-state index is 13.3. The van der Waals surface area contributed by atoms with Crippen LogP contribution in [0.1, 0.15) is 10.5 Å². The lowest BCUT2D eigenvalue weighted by Gasteiger charge is -2.17. The molecule has 0 atom stereocenters. The molecule has 6 heteroatoms. The Hall–Kier alpha value is -3.02. The number of pyridine rings is 1. The molecule has 23 heavy (non-hydrogen) atoms. The van der Waals surface area contributed by atoms with E-state index in [0.717, 1.165) is 17.0 Å². The summed E-state index contributed by atoms with van der Waals surface area (Å²) in [5.41, 5.74) is -0.131. The first-order chi connectivity index (χ1) is 11.0. The zero-order valence-electron chi connectivity index (χ0n) is 12.1. The number of benzene rings is 2. The largest absolute Gasteiger partial charge is 0.317 e. The SMILES string of the molecule is CN(C(=O)c1cc2ccccc2c(=O)[nH]1)c1ccc(F)c(F)c1. The second-order valence-electron chi connectivity index (χ2n) is 5.06. The highest BCUT2D eigenvalue weighted by Crippen LogP contribution is 2.19. The van der Waals surface area contributed by atoms with Crippen molar-refractivity contribution < 1.29 is 13.6 Å². The number of amides is 1.